The van der Waals surface area contributed by atoms with Gasteiger partial charge in [0.1, 0.15) is 0 Å². The standard InChI is InChI=1S/C20H20N4O/c1-13-7-18(11-21-9-13)24-12-16(10-22-24)19-8-15(4-3-14(19)2)20(25)23-17-5-6-17/h3-4,7-12,17H,5-6H2,1-2H3,(H,23,25). The lowest BCUT2D eigenvalue weighted by Gasteiger charge is -2.08. The fraction of sp³-hybridized carbons (Fsp3) is 0.250. The number of hydrogen-bond donors (Lipinski definition) is 1. The molecule has 1 amide bonds. The number of rotatable bonds is 4. The minimum absolute atomic E-state index is 0.000902. The summed E-state index contributed by atoms with van der Waals surface area (Å²) in [6.45, 7) is 4.05. The van der Waals surface area contributed by atoms with E-state index in [1.807, 2.05) is 61.4 Å². The largest absolute Gasteiger partial charge is 0.349 e. The third kappa shape index (κ3) is 3.31. The number of nitrogens with one attached hydrogen (secondary N) is 1. The van der Waals surface area contributed by atoms with Crippen LogP contribution in [0.2, 0.25) is 0 Å². The average Bonchev–Trinajstić information content (AvgIpc) is 3.28. The maximum absolute atomic E-state index is 12.3. The van der Waals surface area contributed by atoms with E-state index in [0.29, 0.717) is 11.6 Å². The Kier molecular flexibility index (Phi) is 3.84. The zero-order chi connectivity index (χ0) is 17.4. The Hall–Kier alpha value is -2.95. The number of aryl methyl sites for hydroxylation is 2. The SMILES string of the molecule is Cc1cncc(-n2cc(-c3cc(C(=O)NC4CC4)ccc3C)cn2)c1. The van der Waals surface area contributed by atoms with Gasteiger partial charge in [-0.25, -0.2) is 4.68 Å². The highest BCUT2D eigenvalue weighted by molar-refractivity contribution is 5.96. The Morgan fingerprint density at radius 3 is 2.76 bits per heavy atom. The van der Waals surface area contributed by atoms with Crippen molar-refractivity contribution in [2.75, 3.05) is 0 Å². The Morgan fingerprint density at radius 2 is 2.00 bits per heavy atom. The van der Waals surface area contributed by atoms with Gasteiger partial charge in [0, 0.05) is 29.6 Å². The molecule has 1 aromatic carbocycles. The normalized spacial score (nSPS) is 13.7. The van der Waals surface area contributed by atoms with Gasteiger partial charge in [-0.15, -0.1) is 0 Å². The lowest BCUT2D eigenvalue weighted by Crippen LogP contribution is -2.25. The van der Waals surface area contributed by atoms with Gasteiger partial charge in [0.2, 0.25) is 0 Å². The maximum atomic E-state index is 12.3. The summed E-state index contributed by atoms with van der Waals surface area (Å²) >= 11 is 0. The second-order valence-corrected chi connectivity index (χ2v) is 6.67. The molecule has 0 radical (unpaired) electrons. The lowest BCUT2D eigenvalue weighted by atomic mass is 10.0. The highest BCUT2D eigenvalue weighted by Crippen LogP contribution is 2.26. The molecule has 0 spiro atoms. The van der Waals surface area contributed by atoms with Crippen LogP contribution in [0.4, 0.5) is 0 Å². The van der Waals surface area contributed by atoms with Gasteiger partial charge in [-0.1, -0.05) is 6.07 Å². The van der Waals surface area contributed by atoms with E-state index >= 15 is 0 Å². The molecular formula is C20H20N4O. The number of carbonyl (C=O) groups is 1. The number of hydrogen-bond acceptors (Lipinski definition) is 3. The van der Waals surface area contributed by atoms with Crippen molar-refractivity contribution in [3.05, 3.63) is 65.7 Å². The highest BCUT2D eigenvalue weighted by Gasteiger charge is 2.24. The van der Waals surface area contributed by atoms with E-state index in [-0.39, 0.29) is 5.91 Å². The Labute approximate surface area is 146 Å². The van der Waals surface area contributed by atoms with Crippen molar-refractivity contribution < 1.29 is 4.79 Å². The summed E-state index contributed by atoms with van der Waals surface area (Å²) in [4.78, 5) is 16.5. The minimum Gasteiger partial charge on any atom is -0.349 e. The molecule has 0 bridgehead atoms. The summed E-state index contributed by atoms with van der Waals surface area (Å²) in [6.07, 6.45) is 9.58. The molecule has 0 aliphatic heterocycles. The van der Waals surface area contributed by atoms with Crippen molar-refractivity contribution in [3.63, 3.8) is 0 Å². The highest BCUT2D eigenvalue weighted by atomic mass is 16.1. The fourth-order valence-electron chi connectivity index (χ4n) is 2.84. The monoisotopic (exact) mass is 332 g/mol. The van der Waals surface area contributed by atoms with Crippen molar-refractivity contribution in [2.24, 2.45) is 0 Å². The van der Waals surface area contributed by atoms with E-state index in [2.05, 4.69) is 15.4 Å². The molecule has 1 fully saturated rings. The van der Waals surface area contributed by atoms with Crippen LogP contribution in [0.3, 0.4) is 0 Å². The topological polar surface area (TPSA) is 59.8 Å². The van der Waals surface area contributed by atoms with Crippen molar-refractivity contribution in [1.82, 2.24) is 20.1 Å². The predicted octanol–water partition coefficient (Wildman–Crippen LogP) is 3.44. The molecule has 1 aliphatic rings. The fourth-order valence-corrected chi connectivity index (χ4v) is 2.84. The number of aromatic nitrogens is 3. The molecule has 0 unspecified atom stereocenters. The van der Waals surface area contributed by atoms with E-state index in [0.717, 1.165) is 40.8 Å². The second kappa shape index (κ2) is 6.16. The molecule has 4 rings (SSSR count). The quantitative estimate of drug-likeness (QED) is 0.796. The van der Waals surface area contributed by atoms with Crippen LogP contribution in [0.5, 0.6) is 0 Å². The summed E-state index contributed by atoms with van der Waals surface area (Å²) in [5, 5.41) is 7.49. The van der Waals surface area contributed by atoms with Gasteiger partial charge in [-0.2, -0.15) is 5.10 Å². The average molecular weight is 332 g/mol. The van der Waals surface area contributed by atoms with Crippen LogP contribution < -0.4 is 5.32 Å². The van der Waals surface area contributed by atoms with E-state index in [4.69, 9.17) is 0 Å². The Morgan fingerprint density at radius 1 is 1.16 bits per heavy atom. The summed E-state index contributed by atoms with van der Waals surface area (Å²) in [6, 6.07) is 8.21. The Bertz CT molecular complexity index is 940. The number of benzene rings is 1. The van der Waals surface area contributed by atoms with Crippen molar-refractivity contribution >= 4 is 5.91 Å². The molecule has 1 saturated carbocycles. The molecule has 3 aromatic rings. The van der Waals surface area contributed by atoms with E-state index < -0.39 is 0 Å². The van der Waals surface area contributed by atoms with E-state index in [1.54, 1.807) is 6.20 Å². The van der Waals surface area contributed by atoms with Crippen LogP contribution >= 0.6 is 0 Å². The van der Waals surface area contributed by atoms with Crippen LogP contribution in [-0.2, 0) is 0 Å². The molecule has 5 nitrogen and oxygen atoms in total. The zero-order valence-electron chi connectivity index (χ0n) is 14.4. The van der Waals surface area contributed by atoms with Gasteiger partial charge in [0.25, 0.3) is 5.91 Å². The van der Waals surface area contributed by atoms with Crippen LogP contribution in [0, 0.1) is 13.8 Å². The first-order valence-corrected chi connectivity index (χ1v) is 8.49. The van der Waals surface area contributed by atoms with Crippen LogP contribution in [0.25, 0.3) is 16.8 Å². The molecule has 1 N–H and O–H groups in total. The molecule has 25 heavy (non-hydrogen) atoms. The minimum atomic E-state index is -0.000902. The summed E-state index contributed by atoms with van der Waals surface area (Å²) in [5.41, 5.74) is 5.83. The summed E-state index contributed by atoms with van der Waals surface area (Å²) in [7, 11) is 0. The van der Waals surface area contributed by atoms with Gasteiger partial charge >= 0.3 is 0 Å². The Balaban J connectivity index is 1.66. The number of pyridine rings is 1. The van der Waals surface area contributed by atoms with E-state index in [1.165, 1.54) is 0 Å². The third-order valence-corrected chi connectivity index (χ3v) is 4.43. The first kappa shape index (κ1) is 15.6. The molecule has 1 aliphatic carbocycles. The molecule has 126 valence electrons. The summed E-state index contributed by atoms with van der Waals surface area (Å²) < 4.78 is 1.81. The lowest BCUT2D eigenvalue weighted by molar-refractivity contribution is 0.0951. The number of nitrogens with zero attached hydrogens (tertiary/aromatic N) is 3. The first-order valence-electron chi connectivity index (χ1n) is 8.49. The second-order valence-electron chi connectivity index (χ2n) is 6.67. The van der Waals surface area contributed by atoms with Crippen molar-refractivity contribution in [2.45, 2.75) is 32.7 Å². The molecule has 2 aromatic heterocycles. The van der Waals surface area contributed by atoms with Gasteiger partial charge in [-0.3, -0.25) is 9.78 Å². The molecule has 0 atom stereocenters. The van der Waals surface area contributed by atoms with Gasteiger partial charge < -0.3 is 5.32 Å². The maximum Gasteiger partial charge on any atom is 0.251 e. The molecule has 0 saturated heterocycles. The summed E-state index contributed by atoms with van der Waals surface area (Å²) in [5.74, 6) is -0.000902. The third-order valence-electron chi connectivity index (χ3n) is 4.43. The van der Waals surface area contributed by atoms with Crippen LogP contribution in [0.15, 0.2) is 49.1 Å². The van der Waals surface area contributed by atoms with Crippen LogP contribution in [0.1, 0.15) is 34.3 Å². The smallest absolute Gasteiger partial charge is 0.251 e. The number of amides is 1. The molecule has 2 heterocycles. The van der Waals surface area contributed by atoms with Crippen molar-refractivity contribution in [3.8, 4) is 16.8 Å². The van der Waals surface area contributed by atoms with E-state index in [9.17, 15) is 4.79 Å². The zero-order valence-corrected chi connectivity index (χ0v) is 14.4. The van der Waals surface area contributed by atoms with Gasteiger partial charge in [0.15, 0.2) is 0 Å². The van der Waals surface area contributed by atoms with Gasteiger partial charge in [-0.05, 0) is 61.6 Å². The number of carbonyl (C=O) groups excluding carboxylic acids is 1. The first-order chi connectivity index (χ1) is 12.1. The van der Waals surface area contributed by atoms with Crippen molar-refractivity contribution in [1.29, 1.82) is 0 Å². The molecular weight excluding hydrogens is 312 g/mol. The van der Waals surface area contributed by atoms with Gasteiger partial charge in [0.05, 0.1) is 18.1 Å². The predicted molar refractivity (Wildman–Crippen MR) is 96.8 cm³/mol. The molecule has 5 heteroatoms. The van der Waals surface area contributed by atoms with Crippen LogP contribution in [-0.4, -0.2) is 26.7 Å².